The molecule has 0 atom stereocenters. The van der Waals surface area contributed by atoms with Crippen LogP contribution in [0, 0.1) is 0 Å². The van der Waals surface area contributed by atoms with Crippen molar-refractivity contribution in [2.45, 2.75) is 6.92 Å². The van der Waals surface area contributed by atoms with E-state index < -0.39 is 0 Å². The second-order valence-corrected chi connectivity index (χ2v) is 4.74. The lowest BCUT2D eigenvalue weighted by Gasteiger charge is -2.10. The number of anilines is 1. The number of aromatic nitrogens is 2. The summed E-state index contributed by atoms with van der Waals surface area (Å²) in [4.78, 5) is 16.2. The summed E-state index contributed by atoms with van der Waals surface area (Å²) >= 11 is 0. The van der Waals surface area contributed by atoms with Gasteiger partial charge in [-0.15, -0.1) is 0 Å². The number of carbonyl (C=O) groups excluding carboxylic acids is 1. The number of fused-ring (bicyclic) bond motifs is 1. The van der Waals surface area contributed by atoms with Crippen LogP contribution in [0.1, 0.15) is 17.3 Å². The van der Waals surface area contributed by atoms with Crippen molar-refractivity contribution in [3.8, 4) is 5.69 Å². The number of nitrogen functional groups attached to an aromatic ring is 1. The van der Waals surface area contributed by atoms with E-state index >= 15 is 0 Å². The maximum absolute atomic E-state index is 11.8. The maximum atomic E-state index is 11.8. The molecule has 1 heterocycles. The Balaban J connectivity index is 2.05. The van der Waals surface area contributed by atoms with Crippen LogP contribution in [0.3, 0.4) is 0 Å². The molecule has 0 spiro atoms. The number of nitrogens with two attached hydrogens (primary N) is 1. The van der Waals surface area contributed by atoms with E-state index in [0.717, 1.165) is 16.7 Å². The quantitative estimate of drug-likeness (QED) is 0.723. The van der Waals surface area contributed by atoms with Gasteiger partial charge in [0.05, 0.1) is 22.4 Å². The number of benzene rings is 2. The number of rotatable bonds is 3. The van der Waals surface area contributed by atoms with Crippen LogP contribution in [0.25, 0.3) is 16.7 Å². The molecule has 0 unspecified atom stereocenters. The van der Waals surface area contributed by atoms with E-state index in [1.54, 1.807) is 18.5 Å². The largest absolute Gasteiger partial charge is 0.397 e. The minimum absolute atomic E-state index is 0.119. The van der Waals surface area contributed by atoms with Crippen molar-refractivity contribution in [1.29, 1.82) is 0 Å². The van der Waals surface area contributed by atoms with Crippen LogP contribution in [0.15, 0.2) is 48.8 Å². The molecule has 0 aliphatic carbocycles. The first-order valence-corrected chi connectivity index (χ1v) is 6.81. The monoisotopic (exact) mass is 280 g/mol. The normalized spacial score (nSPS) is 10.7. The molecule has 2 aromatic carbocycles. The van der Waals surface area contributed by atoms with Gasteiger partial charge in [0.1, 0.15) is 6.33 Å². The summed E-state index contributed by atoms with van der Waals surface area (Å²) in [5, 5.41) is 2.76. The average molecular weight is 280 g/mol. The van der Waals surface area contributed by atoms with Crippen molar-refractivity contribution in [3.63, 3.8) is 0 Å². The van der Waals surface area contributed by atoms with Gasteiger partial charge in [0.15, 0.2) is 0 Å². The number of hydrogen-bond donors (Lipinski definition) is 2. The zero-order valence-corrected chi connectivity index (χ0v) is 11.7. The second kappa shape index (κ2) is 5.28. The van der Waals surface area contributed by atoms with Crippen LogP contribution in [-0.4, -0.2) is 22.0 Å². The molecule has 3 rings (SSSR count). The smallest absolute Gasteiger partial charge is 0.251 e. The molecule has 0 saturated carbocycles. The number of hydrogen-bond acceptors (Lipinski definition) is 3. The fraction of sp³-hybridized carbons (Fsp3) is 0.125. The number of nitrogens with zero attached hydrogens (tertiary/aromatic N) is 2. The standard InChI is InChI=1S/C16H16N4O/c1-2-18-16(21)11-7-8-14(12(17)9-11)20-10-19-13-5-3-4-6-15(13)20/h3-10H,2,17H2,1H3,(H,18,21). The molecule has 106 valence electrons. The highest BCUT2D eigenvalue weighted by Gasteiger charge is 2.10. The van der Waals surface area contributed by atoms with Crippen molar-refractivity contribution >= 4 is 22.6 Å². The van der Waals surface area contributed by atoms with Crippen molar-refractivity contribution in [3.05, 3.63) is 54.4 Å². The number of imidazole rings is 1. The minimum atomic E-state index is -0.119. The molecule has 21 heavy (non-hydrogen) atoms. The minimum Gasteiger partial charge on any atom is -0.397 e. The van der Waals surface area contributed by atoms with E-state index in [0.29, 0.717) is 17.8 Å². The Kier molecular flexibility index (Phi) is 3.31. The van der Waals surface area contributed by atoms with E-state index in [-0.39, 0.29) is 5.91 Å². The number of nitrogens with one attached hydrogen (secondary N) is 1. The predicted octanol–water partition coefficient (Wildman–Crippen LogP) is 2.36. The fourth-order valence-electron chi connectivity index (χ4n) is 2.33. The zero-order valence-electron chi connectivity index (χ0n) is 11.7. The summed E-state index contributed by atoms with van der Waals surface area (Å²) in [7, 11) is 0. The summed E-state index contributed by atoms with van der Waals surface area (Å²) < 4.78 is 1.92. The van der Waals surface area contributed by atoms with Crippen LogP contribution >= 0.6 is 0 Å². The summed E-state index contributed by atoms with van der Waals surface area (Å²) in [6.45, 7) is 2.47. The lowest BCUT2D eigenvalue weighted by atomic mass is 10.1. The molecule has 0 radical (unpaired) electrons. The number of para-hydroxylation sites is 2. The first-order valence-electron chi connectivity index (χ1n) is 6.81. The zero-order chi connectivity index (χ0) is 14.8. The van der Waals surface area contributed by atoms with Crippen molar-refractivity contribution in [2.24, 2.45) is 0 Å². The van der Waals surface area contributed by atoms with Crippen LogP contribution < -0.4 is 11.1 Å². The molecule has 0 fully saturated rings. The molecule has 3 N–H and O–H groups in total. The van der Waals surface area contributed by atoms with Gasteiger partial charge in [0.25, 0.3) is 5.91 Å². The third kappa shape index (κ3) is 2.33. The molecule has 0 aliphatic heterocycles. The molecular formula is C16H16N4O. The summed E-state index contributed by atoms with van der Waals surface area (Å²) in [5.41, 5.74) is 9.92. The summed E-state index contributed by atoms with van der Waals surface area (Å²) in [6.07, 6.45) is 1.74. The van der Waals surface area contributed by atoms with Crippen LogP contribution in [0.2, 0.25) is 0 Å². The number of carbonyl (C=O) groups is 1. The molecule has 0 saturated heterocycles. The van der Waals surface area contributed by atoms with Crippen molar-refractivity contribution in [2.75, 3.05) is 12.3 Å². The van der Waals surface area contributed by atoms with Gasteiger partial charge in [-0.3, -0.25) is 9.36 Å². The highest BCUT2D eigenvalue weighted by molar-refractivity contribution is 5.95. The Bertz CT molecular complexity index is 807. The molecule has 5 nitrogen and oxygen atoms in total. The van der Waals surface area contributed by atoms with Gasteiger partial charge in [-0.2, -0.15) is 0 Å². The first-order chi connectivity index (χ1) is 10.2. The topological polar surface area (TPSA) is 72.9 Å². The Hall–Kier alpha value is -2.82. The fourth-order valence-corrected chi connectivity index (χ4v) is 2.33. The van der Waals surface area contributed by atoms with Gasteiger partial charge in [0, 0.05) is 12.1 Å². The Morgan fingerprint density at radius 3 is 2.86 bits per heavy atom. The third-order valence-corrected chi connectivity index (χ3v) is 3.34. The van der Waals surface area contributed by atoms with Gasteiger partial charge in [-0.1, -0.05) is 12.1 Å². The average Bonchev–Trinajstić information content (AvgIpc) is 2.91. The van der Waals surface area contributed by atoms with Gasteiger partial charge >= 0.3 is 0 Å². The lowest BCUT2D eigenvalue weighted by Crippen LogP contribution is -2.22. The highest BCUT2D eigenvalue weighted by atomic mass is 16.1. The second-order valence-electron chi connectivity index (χ2n) is 4.74. The van der Waals surface area contributed by atoms with Gasteiger partial charge in [-0.25, -0.2) is 4.98 Å². The lowest BCUT2D eigenvalue weighted by molar-refractivity contribution is 0.0956. The molecule has 1 aromatic heterocycles. The van der Waals surface area contributed by atoms with E-state index in [4.69, 9.17) is 5.73 Å². The molecular weight excluding hydrogens is 264 g/mol. The van der Waals surface area contributed by atoms with E-state index in [2.05, 4.69) is 10.3 Å². The van der Waals surface area contributed by atoms with Crippen LogP contribution in [0.4, 0.5) is 5.69 Å². The maximum Gasteiger partial charge on any atom is 0.251 e. The van der Waals surface area contributed by atoms with E-state index in [1.165, 1.54) is 0 Å². The SMILES string of the molecule is CCNC(=O)c1ccc(-n2cnc3ccccc32)c(N)c1. The Labute approximate surface area is 122 Å². The van der Waals surface area contributed by atoms with Gasteiger partial charge in [-0.05, 0) is 37.3 Å². The van der Waals surface area contributed by atoms with E-state index in [1.807, 2.05) is 41.8 Å². The molecule has 0 bridgehead atoms. The third-order valence-electron chi connectivity index (χ3n) is 3.34. The Morgan fingerprint density at radius 2 is 2.10 bits per heavy atom. The number of amides is 1. The molecule has 1 amide bonds. The molecule has 3 aromatic rings. The predicted molar refractivity (Wildman–Crippen MR) is 83.5 cm³/mol. The van der Waals surface area contributed by atoms with Crippen molar-refractivity contribution in [1.82, 2.24) is 14.9 Å². The summed E-state index contributed by atoms with van der Waals surface area (Å²) in [5.74, 6) is -0.119. The molecule has 0 aliphatic rings. The van der Waals surface area contributed by atoms with E-state index in [9.17, 15) is 4.79 Å². The van der Waals surface area contributed by atoms with Crippen LogP contribution in [-0.2, 0) is 0 Å². The van der Waals surface area contributed by atoms with Crippen molar-refractivity contribution < 1.29 is 4.79 Å². The Morgan fingerprint density at radius 1 is 1.29 bits per heavy atom. The highest BCUT2D eigenvalue weighted by Crippen LogP contribution is 2.23. The van der Waals surface area contributed by atoms with Gasteiger partial charge < -0.3 is 11.1 Å². The first kappa shape index (κ1) is 13.2. The molecule has 5 heteroatoms. The van der Waals surface area contributed by atoms with Gasteiger partial charge in [0.2, 0.25) is 0 Å². The summed E-state index contributed by atoms with van der Waals surface area (Å²) in [6, 6.07) is 13.1. The van der Waals surface area contributed by atoms with Crippen LogP contribution in [0.5, 0.6) is 0 Å².